The molecule has 0 N–H and O–H groups in total. The Labute approximate surface area is 178 Å². The second-order valence-electron chi connectivity index (χ2n) is 9.10. The largest absolute Gasteiger partial charge is 0.334 e. The zero-order chi connectivity index (χ0) is 20.5. The molecule has 2 aliphatic heterocycles. The molecule has 4 heteroatoms. The van der Waals surface area contributed by atoms with Crippen molar-refractivity contribution < 1.29 is 9.59 Å². The van der Waals surface area contributed by atoms with Gasteiger partial charge in [-0.15, -0.1) is 0 Å². The molecule has 0 bridgehead atoms. The summed E-state index contributed by atoms with van der Waals surface area (Å²) < 4.78 is 0. The van der Waals surface area contributed by atoms with Crippen LogP contribution in [0.3, 0.4) is 0 Å². The summed E-state index contributed by atoms with van der Waals surface area (Å²) in [5.74, 6) is 0.686. The van der Waals surface area contributed by atoms with Crippen molar-refractivity contribution in [1.29, 1.82) is 0 Å². The molecule has 0 unspecified atom stereocenters. The lowest BCUT2D eigenvalue weighted by molar-refractivity contribution is 0.0708. The number of likely N-dealkylation sites (tertiary alicyclic amines) is 2. The highest BCUT2D eigenvalue weighted by molar-refractivity contribution is 5.99. The summed E-state index contributed by atoms with van der Waals surface area (Å²) in [5.41, 5.74) is 3.74. The Hall–Kier alpha value is -2.46. The Morgan fingerprint density at radius 3 is 1.93 bits per heavy atom. The number of nitrogens with zero attached hydrogens (tertiary/aromatic N) is 2. The van der Waals surface area contributed by atoms with Crippen molar-refractivity contribution in [3.63, 3.8) is 0 Å². The van der Waals surface area contributed by atoms with Crippen LogP contribution in [0.15, 0.2) is 48.5 Å². The van der Waals surface area contributed by atoms with Gasteiger partial charge in [-0.25, -0.2) is 0 Å². The maximum absolute atomic E-state index is 13.1. The Morgan fingerprint density at radius 1 is 0.733 bits per heavy atom. The van der Waals surface area contributed by atoms with E-state index in [9.17, 15) is 9.59 Å². The topological polar surface area (TPSA) is 40.6 Å². The highest BCUT2D eigenvalue weighted by Gasteiger charge is 2.32. The zero-order valence-corrected chi connectivity index (χ0v) is 17.6. The van der Waals surface area contributed by atoms with Crippen LogP contribution >= 0.6 is 0 Å². The number of ketones is 1. The lowest BCUT2D eigenvalue weighted by atomic mass is 10.00. The highest BCUT2D eigenvalue weighted by atomic mass is 16.2. The standard InChI is InChI=1S/C26H30N2O2/c29-25(22-11-12-22)21-9-5-19(6-10-21)20-7-13-23(14-8-20)26(30)28-17-3-4-24(28)18-27-15-1-2-16-27/h5-10,13-14,22,24H,1-4,11-12,15-18H2/t24-/m0/s1. The number of amides is 1. The Balaban J connectivity index is 1.26. The number of hydrogen-bond donors (Lipinski definition) is 0. The summed E-state index contributed by atoms with van der Waals surface area (Å²) in [4.78, 5) is 29.9. The monoisotopic (exact) mass is 402 g/mol. The SMILES string of the molecule is O=C(c1ccc(-c2ccc(C(=O)N3CCC[C@H]3CN3CCCC3)cc2)cc1)C1CC1. The smallest absolute Gasteiger partial charge is 0.254 e. The first-order chi connectivity index (χ1) is 14.7. The van der Waals surface area contributed by atoms with Crippen molar-refractivity contribution in [1.82, 2.24) is 9.80 Å². The van der Waals surface area contributed by atoms with Crippen LogP contribution in [0.1, 0.15) is 59.2 Å². The molecule has 2 aromatic carbocycles. The molecule has 1 aliphatic carbocycles. The van der Waals surface area contributed by atoms with Crippen LogP contribution in [0.2, 0.25) is 0 Å². The number of hydrogen-bond acceptors (Lipinski definition) is 3. The number of carbonyl (C=O) groups excluding carboxylic acids is 2. The molecule has 2 heterocycles. The molecule has 5 rings (SSSR count). The third-order valence-corrected chi connectivity index (χ3v) is 6.89. The van der Waals surface area contributed by atoms with Gasteiger partial charge in [0.05, 0.1) is 0 Å². The first kappa shape index (κ1) is 19.5. The van der Waals surface area contributed by atoms with Gasteiger partial charge in [-0.05, 0) is 74.9 Å². The van der Waals surface area contributed by atoms with Crippen molar-refractivity contribution in [2.75, 3.05) is 26.2 Å². The van der Waals surface area contributed by atoms with Crippen molar-refractivity contribution >= 4 is 11.7 Å². The van der Waals surface area contributed by atoms with E-state index in [0.29, 0.717) is 6.04 Å². The fourth-order valence-electron chi connectivity index (χ4n) is 4.94. The maximum atomic E-state index is 13.1. The molecule has 2 aromatic rings. The number of carbonyl (C=O) groups is 2. The van der Waals surface area contributed by atoms with Gasteiger partial charge in [-0.2, -0.15) is 0 Å². The molecule has 30 heavy (non-hydrogen) atoms. The van der Waals surface area contributed by atoms with E-state index < -0.39 is 0 Å². The van der Waals surface area contributed by atoms with Gasteiger partial charge < -0.3 is 9.80 Å². The molecule has 1 atom stereocenters. The lowest BCUT2D eigenvalue weighted by Gasteiger charge is -2.28. The van der Waals surface area contributed by atoms with Gasteiger partial charge in [0.15, 0.2) is 5.78 Å². The van der Waals surface area contributed by atoms with Crippen LogP contribution in [-0.4, -0.2) is 53.7 Å². The maximum Gasteiger partial charge on any atom is 0.254 e. The molecular weight excluding hydrogens is 372 g/mol. The van der Waals surface area contributed by atoms with Crippen molar-refractivity contribution in [2.24, 2.45) is 5.92 Å². The second-order valence-corrected chi connectivity index (χ2v) is 9.10. The Morgan fingerprint density at radius 2 is 1.33 bits per heavy atom. The molecule has 3 aliphatic rings. The summed E-state index contributed by atoms with van der Waals surface area (Å²) in [7, 11) is 0. The number of benzene rings is 2. The van der Waals surface area contributed by atoms with E-state index >= 15 is 0 Å². The van der Waals surface area contributed by atoms with E-state index in [2.05, 4.69) is 9.80 Å². The molecule has 4 nitrogen and oxygen atoms in total. The quantitative estimate of drug-likeness (QED) is 0.661. The van der Waals surface area contributed by atoms with E-state index in [4.69, 9.17) is 0 Å². The number of rotatable bonds is 6. The van der Waals surface area contributed by atoms with Gasteiger partial charge in [-0.1, -0.05) is 36.4 Å². The van der Waals surface area contributed by atoms with E-state index in [0.717, 1.165) is 61.0 Å². The van der Waals surface area contributed by atoms with E-state index in [-0.39, 0.29) is 17.6 Å². The van der Waals surface area contributed by atoms with Crippen LogP contribution < -0.4 is 0 Å². The molecule has 1 saturated carbocycles. The molecule has 156 valence electrons. The minimum atomic E-state index is 0.161. The average Bonchev–Trinajstić information content (AvgIpc) is 3.32. The van der Waals surface area contributed by atoms with Gasteiger partial charge in [0.2, 0.25) is 0 Å². The summed E-state index contributed by atoms with van der Waals surface area (Å²) in [6, 6.07) is 16.2. The predicted molar refractivity (Wildman–Crippen MR) is 119 cm³/mol. The van der Waals surface area contributed by atoms with Crippen LogP contribution in [0, 0.1) is 5.92 Å². The molecule has 0 spiro atoms. The Kier molecular flexibility index (Phi) is 5.43. The van der Waals surface area contributed by atoms with E-state index in [1.807, 2.05) is 48.5 Å². The zero-order valence-electron chi connectivity index (χ0n) is 17.6. The molecular formula is C26H30N2O2. The van der Waals surface area contributed by atoms with E-state index in [1.54, 1.807) is 0 Å². The minimum Gasteiger partial charge on any atom is -0.334 e. The summed E-state index contributed by atoms with van der Waals surface area (Å²) in [5, 5.41) is 0. The van der Waals surface area contributed by atoms with Crippen molar-refractivity contribution in [3.8, 4) is 11.1 Å². The molecule has 0 aromatic heterocycles. The van der Waals surface area contributed by atoms with Gasteiger partial charge in [0.25, 0.3) is 5.91 Å². The minimum absolute atomic E-state index is 0.161. The fraction of sp³-hybridized carbons (Fsp3) is 0.462. The summed E-state index contributed by atoms with van der Waals surface area (Å²) >= 11 is 0. The van der Waals surface area contributed by atoms with Crippen LogP contribution in [-0.2, 0) is 0 Å². The van der Waals surface area contributed by atoms with E-state index in [1.165, 1.54) is 25.9 Å². The highest BCUT2D eigenvalue weighted by Crippen LogP contribution is 2.33. The summed E-state index contributed by atoms with van der Waals surface area (Å²) in [6.07, 6.45) is 6.87. The first-order valence-corrected chi connectivity index (χ1v) is 11.5. The van der Waals surface area contributed by atoms with Gasteiger partial charge in [0, 0.05) is 36.2 Å². The first-order valence-electron chi connectivity index (χ1n) is 11.5. The van der Waals surface area contributed by atoms with Crippen molar-refractivity contribution in [3.05, 3.63) is 59.7 Å². The average molecular weight is 403 g/mol. The van der Waals surface area contributed by atoms with Crippen LogP contribution in [0.25, 0.3) is 11.1 Å². The van der Waals surface area contributed by atoms with Crippen molar-refractivity contribution in [2.45, 2.75) is 44.6 Å². The lowest BCUT2D eigenvalue weighted by Crippen LogP contribution is -2.42. The molecule has 0 radical (unpaired) electrons. The third-order valence-electron chi connectivity index (χ3n) is 6.89. The molecule has 1 amide bonds. The van der Waals surface area contributed by atoms with Crippen LogP contribution in [0.5, 0.6) is 0 Å². The van der Waals surface area contributed by atoms with Gasteiger partial charge in [-0.3, -0.25) is 9.59 Å². The fourth-order valence-corrected chi connectivity index (χ4v) is 4.94. The number of Topliss-reactive ketones (excluding diaryl/α,β-unsaturated/α-hetero) is 1. The van der Waals surface area contributed by atoms with Gasteiger partial charge in [0.1, 0.15) is 0 Å². The van der Waals surface area contributed by atoms with Crippen LogP contribution in [0.4, 0.5) is 0 Å². The molecule has 3 fully saturated rings. The Bertz CT molecular complexity index is 909. The molecule has 2 saturated heterocycles. The normalized spacial score (nSPS) is 21.9. The summed E-state index contributed by atoms with van der Waals surface area (Å²) in [6.45, 7) is 4.25. The predicted octanol–water partition coefficient (Wildman–Crippen LogP) is 4.65. The van der Waals surface area contributed by atoms with Gasteiger partial charge >= 0.3 is 0 Å². The second kappa shape index (κ2) is 8.35. The third kappa shape index (κ3) is 4.06.